The Morgan fingerprint density at radius 1 is 1.67 bits per heavy atom. The molecule has 1 heterocycles. The maximum absolute atomic E-state index is 11.9. The Bertz CT molecular complexity index is 278. The number of aromatic nitrogens is 2. The van der Waals surface area contributed by atoms with E-state index < -0.39 is 0 Å². The molecular weight excluding hydrogens is 157 g/mol. The number of hydrogen-bond acceptors (Lipinski definition) is 2. The predicted octanol–water partition coefficient (Wildman–Crippen LogP) is 0.800. The molecule has 1 aliphatic carbocycles. The van der Waals surface area contributed by atoms with Gasteiger partial charge in [0.2, 0.25) is 0 Å². The van der Waals surface area contributed by atoms with Crippen LogP contribution < -0.4 is 5.73 Å². The lowest BCUT2D eigenvalue weighted by atomic mass is 10.1. The summed E-state index contributed by atoms with van der Waals surface area (Å²) in [7, 11) is 0. The lowest BCUT2D eigenvalue weighted by molar-refractivity contribution is 0.427. The first-order chi connectivity index (χ1) is 5.74. The molecule has 1 saturated carbocycles. The molecule has 3 nitrogen and oxygen atoms in total. The molecule has 2 N–H and O–H groups in total. The van der Waals surface area contributed by atoms with E-state index in [1.165, 1.54) is 0 Å². The van der Waals surface area contributed by atoms with Crippen LogP contribution in [0.4, 0.5) is 4.39 Å². The SMILES string of the molecule is NC1(c2cnn(CCF)c2)CC1. The molecular formula is C8H12FN3. The minimum absolute atomic E-state index is 0.144. The van der Waals surface area contributed by atoms with Crippen molar-refractivity contribution in [2.45, 2.75) is 24.9 Å². The first kappa shape index (κ1) is 7.73. The zero-order chi connectivity index (χ0) is 8.60. The fourth-order valence-corrected chi connectivity index (χ4v) is 1.25. The molecule has 4 heteroatoms. The summed E-state index contributed by atoms with van der Waals surface area (Å²) in [6.45, 7) is -0.0469. The van der Waals surface area contributed by atoms with Crippen LogP contribution in [-0.2, 0) is 12.1 Å². The van der Waals surface area contributed by atoms with Gasteiger partial charge in [0.1, 0.15) is 6.67 Å². The molecule has 0 bridgehead atoms. The number of alkyl halides is 1. The van der Waals surface area contributed by atoms with Gasteiger partial charge in [0.15, 0.2) is 0 Å². The standard InChI is InChI=1S/C8H12FN3/c9-3-4-12-6-7(5-11-12)8(10)1-2-8/h5-6H,1-4,10H2. The molecule has 0 amide bonds. The molecule has 0 aliphatic heterocycles. The molecule has 66 valence electrons. The van der Waals surface area contributed by atoms with Crippen molar-refractivity contribution < 1.29 is 4.39 Å². The van der Waals surface area contributed by atoms with Crippen LogP contribution in [0.5, 0.6) is 0 Å². The Balaban J connectivity index is 2.13. The normalized spacial score (nSPS) is 19.5. The summed E-state index contributed by atoms with van der Waals surface area (Å²) in [4.78, 5) is 0. The number of rotatable bonds is 3. The molecule has 0 radical (unpaired) electrons. The van der Waals surface area contributed by atoms with Crippen molar-refractivity contribution in [2.24, 2.45) is 5.73 Å². The van der Waals surface area contributed by atoms with E-state index in [0.717, 1.165) is 18.4 Å². The van der Waals surface area contributed by atoms with Gasteiger partial charge < -0.3 is 5.73 Å². The number of nitrogens with two attached hydrogens (primary N) is 1. The van der Waals surface area contributed by atoms with E-state index in [1.54, 1.807) is 10.9 Å². The van der Waals surface area contributed by atoms with Crippen LogP contribution in [-0.4, -0.2) is 16.5 Å². The van der Waals surface area contributed by atoms with E-state index in [0.29, 0.717) is 6.54 Å². The molecule has 0 atom stereocenters. The summed E-state index contributed by atoms with van der Waals surface area (Å²) in [6, 6.07) is 0. The van der Waals surface area contributed by atoms with Gasteiger partial charge in [-0.1, -0.05) is 0 Å². The molecule has 1 aromatic rings. The van der Waals surface area contributed by atoms with Crippen LogP contribution in [0.3, 0.4) is 0 Å². The molecule has 2 rings (SSSR count). The fraction of sp³-hybridized carbons (Fsp3) is 0.625. The van der Waals surface area contributed by atoms with Crippen LogP contribution >= 0.6 is 0 Å². The van der Waals surface area contributed by atoms with Crippen LogP contribution in [0.2, 0.25) is 0 Å². The van der Waals surface area contributed by atoms with Crippen molar-refractivity contribution in [1.82, 2.24) is 9.78 Å². The van der Waals surface area contributed by atoms with Gasteiger partial charge >= 0.3 is 0 Å². The summed E-state index contributed by atoms with van der Waals surface area (Å²) in [5, 5.41) is 4.01. The smallest absolute Gasteiger partial charge is 0.109 e. The van der Waals surface area contributed by atoms with Crippen LogP contribution in [0.25, 0.3) is 0 Å². The van der Waals surface area contributed by atoms with Crippen molar-refractivity contribution in [3.63, 3.8) is 0 Å². The van der Waals surface area contributed by atoms with Crippen LogP contribution in [0.15, 0.2) is 12.4 Å². The van der Waals surface area contributed by atoms with Crippen LogP contribution in [0.1, 0.15) is 18.4 Å². The fourth-order valence-electron chi connectivity index (χ4n) is 1.25. The van der Waals surface area contributed by atoms with Crippen molar-refractivity contribution in [2.75, 3.05) is 6.67 Å². The first-order valence-corrected chi connectivity index (χ1v) is 4.12. The lowest BCUT2D eigenvalue weighted by Crippen LogP contribution is -2.17. The van der Waals surface area contributed by atoms with E-state index in [4.69, 9.17) is 5.73 Å². The highest BCUT2D eigenvalue weighted by Gasteiger charge is 2.40. The zero-order valence-corrected chi connectivity index (χ0v) is 6.83. The van der Waals surface area contributed by atoms with Gasteiger partial charge in [0.25, 0.3) is 0 Å². The maximum atomic E-state index is 11.9. The monoisotopic (exact) mass is 169 g/mol. The average molecular weight is 169 g/mol. The topological polar surface area (TPSA) is 43.8 Å². The minimum atomic E-state index is -0.376. The highest BCUT2D eigenvalue weighted by molar-refractivity contribution is 5.24. The van der Waals surface area contributed by atoms with Crippen LogP contribution in [0, 0.1) is 0 Å². The molecule has 1 fully saturated rings. The molecule has 0 unspecified atom stereocenters. The Labute approximate surface area is 70.4 Å². The van der Waals surface area contributed by atoms with Crippen molar-refractivity contribution in [1.29, 1.82) is 0 Å². The minimum Gasteiger partial charge on any atom is -0.321 e. The van der Waals surface area contributed by atoms with Gasteiger partial charge in [-0.3, -0.25) is 4.68 Å². The summed E-state index contributed by atoms with van der Waals surface area (Å²) in [6.07, 6.45) is 5.62. The van der Waals surface area contributed by atoms with Gasteiger partial charge in [-0.25, -0.2) is 4.39 Å². The van der Waals surface area contributed by atoms with E-state index in [1.807, 2.05) is 6.20 Å². The summed E-state index contributed by atoms with van der Waals surface area (Å²) in [5.41, 5.74) is 6.82. The second kappa shape index (κ2) is 2.55. The number of halogens is 1. The largest absolute Gasteiger partial charge is 0.321 e. The number of aryl methyl sites for hydroxylation is 1. The van der Waals surface area contributed by atoms with E-state index in [9.17, 15) is 4.39 Å². The third kappa shape index (κ3) is 1.22. The Hall–Kier alpha value is -0.900. The quantitative estimate of drug-likeness (QED) is 0.727. The molecule has 0 spiro atoms. The van der Waals surface area contributed by atoms with Gasteiger partial charge in [-0.15, -0.1) is 0 Å². The van der Waals surface area contributed by atoms with E-state index in [2.05, 4.69) is 5.10 Å². The third-order valence-corrected chi connectivity index (χ3v) is 2.31. The molecule has 12 heavy (non-hydrogen) atoms. The molecule has 1 aliphatic rings. The first-order valence-electron chi connectivity index (χ1n) is 4.12. The molecule has 1 aromatic heterocycles. The maximum Gasteiger partial charge on any atom is 0.109 e. The van der Waals surface area contributed by atoms with Gasteiger partial charge in [-0.05, 0) is 12.8 Å². The lowest BCUT2D eigenvalue weighted by Gasteiger charge is -2.02. The molecule has 0 saturated heterocycles. The van der Waals surface area contributed by atoms with Crippen molar-refractivity contribution in [3.8, 4) is 0 Å². The van der Waals surface area contributed by atoms with E-state index >= 15 is 0 Å². The summed E-state index contributed by atoms with van der Waals surface area (Å²) < 4.78 is 13.5. The second-order valence-corrected chi connectivity index (χ2v) is 3.34. The number of nitrogens with zero attached hydrogens (tertiary/aromatic N) is 2. The summed E-state index contributed by atoms with van der Waals surface area (Å²) in [5.74, 6) is 0. The molecule has 0 aromatic carbocycles. The summed E-state index contributed by atoms with van der Waals surface area (Å²) >= 11 is 0. The van der Waals surface area contributed by atoms with Crippen molar-refractivity contribution >= 4 is 0 Å². The van der Waals surface area contributed by atoms with Gasteiger partial charge in [-0.2, -0.15) is 5.10 Å². The Morgan fingerprint density at radius 3 is 3.00 bits per heavy atom. The average Bonchev–Trinajstić information content (AvgIpc) is 2.64. The highest BCUT2D eigenvalue weighted by Crippen LogP contribution is 2.42. The second-order valence-electron chi connectivity index (χ2n) is 3.34. The zero-order valence-electron chi connectivity index (χ0n) is 6.83. The Morgan fingerprint density at radius 2 is 2.42 bits per heavy atom. The third-order valence-electron chi connectivity index (χ3n) is 2.31. The number of hydrogen-bond donors (Lipinski definition) is 1. The van der Waals surface area contributed by atoms with Crippen molar-refractivity contribution in [3.05, 3.63) is 18.0 Å². The predicted molar refractivity (Wildman–Crippen MR) is 43.3 cm³/mol. The highest BCUT2D eigenvalue weighted by atomic mass is 19.1. The van der Waals surface area contributed by atoms with Gasteiger partial charge in [0.05, 0.1) is 12.7 Å². The van der Waals surface area contributed by atoms with Gasteiger partial charge in [0, 0.05) is 17.3 Å². The van der Waals surface area contributed by atoms with E-state index in [-0.39, 0.29) is 12.2 Å². The Kier molecular flexibility index (Phi) is 1.65.